The van der Waals surface area contributed by atoms with Crippen LogP contribution in [0.4, 0.5) is 18.3 Å². The maximum absolute atomic E-state index is 13.0. The predicted octanol–water partition coefficient (Wildman–Crippen LogP) is 4.46. The molecule has 5 nitrogen and oxygen atoms in total. The van der Waals surface area contributed by atoms with Crippen molar-refractivity contribution in [3.63, 3.8) is 0 Å². The Balaban J connectivity index is 1.92. The zero-order valence-corrected chi connectivity index (χ0v) is 13.0. The molecule has 124 valence electrons. The van der Waals surface area contributed by atoms with Crippen LogP contribution in [0.5, 0.6) is 11.6 Å². The molecule has 0 spiro atoms. The van der Waals surface area contributed by atoms with Gasteiger partial charge in [0.1, 0.15) is 11.3 Å². The van der Waals surface area contributed by atoms with Gasteiger partial charge in [-0.1, -0.05) is 11.3 Å². The molecule has 1 aromatic carbocycles. The Labute approximate surface area is 138 Å². The minimum Gasteiger partial charge on any atom is -0.438 e. The van der Waals surface area contributed by atoms with Gasteiger partial charge in [-0.3, -0.25) is 4.79 Å². The third kappa shape index (κ3) is 3.46. The van der Waals surface area contributed by atoms with Crippen molar-refractivity contribution >= 4 is 32.6 Å². The fourth-order valence-corrected chi connectivity index (χ4v) is 2.91. The number of carbonyl (C=O) groups is 1. The van der Waals surface area contributed by atoms with Crippen molar-refractivity contribution in [1.29, 1.82) is 0 Å². The maximum Gasteiger partial charge on any atom is 0.421 e. The van der Waals surface area contributed by atoms with Crippen LogP contribution in [-0.4, -0.2) is 15.9 Å². The molecule has 0 fully saturated rings. The molecule has 0 bridgehead atoms. The van der Waals surface area contributed by atoms with Crippen molar-refractivity contribution in [2.75, 3.05) is 5.32 Å². The number of ether oxygens (including phenoxy) is 1. The molecule has 0 aliphatic heterocycles. The number of nitrogens with zero attached hydrogens (tertiary/aromatic N) is 2. The van der Waals surface area contributed by atoms with Crippen molar-refractivity contribution < 1.29 is 22.7 Å². The molecular weight excluding hydrogens is 343 g/mol. The molecule has 3 aromatic rings. The maximum atomic E-state index is 13.0. The molecule has 0 aliphatic carbocycles. The van der Waals surface area contributed by atoms with Gasteiger partial charge in [0.05, 0.1) is 10.2 Å². The summed E-state index contributed by atoms with van der Waals surface area (Å²) in [6, 6.07) is 6.74. The van der Waals surface area contributed by atoms with E-state index in [2.05, 4.69) is 15.3 Å². The zero-order chi connectivity index (χ0) is 17.3. The number of hydrogen-bond acceptors (Lipinski definition) is 5. The van der Waals surface area contributed by atoms with Gasteiger partial charge in [-0.2, -0.15) is 13.2 Å². The van der Waals surface area contributed by atoms with Gasteiger partial charge in [-0.25, -0.2) is 9.97 Å². The number of fused-ring (bicyclic) bond motifs is 1. The second-order valence-electron chi connectivity index (χ2n) is 4.79. The minimum atomic E-state index is -4.56. The summed E-state index contributed by atoms with van der Waals surface area (Å²) in [4.78, 5) is 18.9. The normalized spacial score (nSPS) is 11.5. The highest BCUT2D eigenvalue weighted by Crippen LogP contribution is 2.37. The number of hydrogen-bond donors (Lipinski definition) is 1. The van der Waals surface area contributed by atoms with Gasteiger partial charge < -0.3 is 10.1 Å². The number of rotatable bonds is 3. The number of benzene rings is 1. The molecule has 1 amide bonds. The summed E-state index contributed by atoms with van der Waals surface area (Å²) in [6.45, 7) is 1.36. The average molecular weight is 353 g/mol. The number of thiazole rings is 1. The van der Waals surface area contributed by atoms with E-state index in [-0.39, 0.29) is 11.7 Å². The Morgan fingerprint density at radius 2 is 2.08 bits per heavy atom. The summed E-state index contributed by atoms with van der Waals surface area (Å²) in [5.41, 5.74) is -0.346. The first-order valence-corrected chi connectivity index (χ1v) is 7.53. The van der Waals surface area contributed by atoms with Gasteiger partial charge in [0, 0.05) is 19.2 Å². The van der Waals surface area contributed by atoms with E-state index in [1.54, 1.807) is 12.1 Å². The molecule has 0 saturated carbocycles. The Hall–Kier alpha value is -2.68. The van der Waals surface area contributed by atoms with Gasteiger partial charge in [0.15, 0.2) is 5.13 Å². The molecule has 0 saturated heterocycles. The highest BCUT2D eigenvalue weighted by Gasteiger charge is 2.35. The molecule has 0 unspecified atom stereocenters. The molecule has 0 radical (unpaired) electrons. The third-order valence-corrected chi connectivity index (χ3v) is 3.87. The fourth-order valence-electron chi connectivity index (χ4n) is 1.97. The van der Waals surface area contributed by atoms with E-state index in [9.17, 15) is 18.0 Å². The van der Waals surface area contributed by atoms with Gasteiger partial charge in [0.25, 0.3) is 0 Å². The van der Waals surface area contributed by atoms with E-state index in [1.807, 2.05) is 0 Å². The lowest BCUT2D eigenvalue weighted by molar-refractivity contribution is -0.138. The zero-order valence-electron chi connectivity index (χ0n) is 12.2. The first kappa shape index (κ1) is 16.2. The quantitative estimate of drug-likeness (QED) is 0.755. The summed E-state index contributed by atoms with van der Waals surface area (Å²) in [6.07, 6.45) is -3.33. The van der Waals surface area contributed by atoms with Crippen LogP contribution < -0.4 is 10.1 Å². The molecule has 0 aliphatic rings. The van der Waals surface area contributed by atoms with Crippen LogP contribution in [0.1, 0.15) is 12.5 Å². The Morgan fingerprint density at radius 3 is 2.79 bits per heavy atom. The van der Waals surface area contributed by atoms with Gasteiger partial charge >= 0.3 is 6.18 Å². The smallest absolute Gasteiger partial charge is 0.421 e. The number of aromatic nitrogens is 2. The second kappa shape index (κ2) is 6.08. The Kier molecular flexibility index (Phi) is 4.10. The minimum absolute atomic E-state index is 0.199. The summed E-state index contributed by atoms with van der Waals surface area (Å²) in [5, 5.41) is 2.96. The summed E-state index contributed by atoms with van der Waals surface area (Å²) >= 11 is 1.19. The first-order valence-electron chi connectivity index (χ1n) is 6.71. The van der Waals surface area contributed by atoms with Crippen LogP contribution in [0.25, 0.3) is 10.2 Å². The summed E-state index contributed by atoms with van der Waals surface area (Å²) in [5.74, 6) is -0.575. The van der Waals surface area contributed by atoms with E-state index in [0.29, 0.717) is 15.3 Å². The second-order valence-corrected chi connectivity index (χ2v) is 5.82. The molecule has 0 atom stereocenters. The van der Waals surface area contributed by atoms with Crippen molar-refractivity contribution in [1.82, 2.24) is 9.97 Å². The lowest BCUT2D eigenvalue weighted by Gasteiger charge is -2.11. The number of amides is 1. The van der Waals surface area contributed by atoms with Crippen molar-refractivity contribution in [3.05, 3.63) is 42.1 Å². The first-order chi connectivity index (χ1) is 11.3. The SMILES string of the molecule is CC(=O)Nc1nc2ccc(Oc3ncccc3C(F)(F)F)cc2s1. The van der Waals surface area contributed by atoms with E-state index in [4.69, 9.17) is 4.74 Å². The van der Waals surface area contributed by atoms with Crippen LogP contribution in [0.3, 0.4) is 0 Å². The standard InChI is InChI=1S/C15H10F3N3O2S/c1-8(22)20-14-21-11-5-4-9(7-12(11)24-14)23-13-10(15(16,17)18)3-2-6-19-13/h2-7H,1H3,(H,20,21,22). The summed E-state index contributed by atoms with van der Waals surface area (Å²) in [7, 11) is 0. The molecule has 2 heterocycles. The monoisotopic (exact) mass is 353 g/mol. The summed E-state index contributed by atoms with van der Waals surface area (Å²) < 4.78 is 44.8. The highest BCUT2D eigenvalue weighted by molar-refractivity contribution is 7.22. The van der Waals surface area contributed by atoms with Crippen molar-refractivity contribution in [3.8, 4) is 11.6 Å². The molecule has 1 N–H and O–H groups in total. The van der Waals surface area contributed by atoms with Gasteiger partial charge in [-0.15, -0.1) is 0 Å². The number of pyridine rings is 1. The molecule has 3 rings (SSSR count). The molecule has 9 heteroatoms. The van der Waals surface area contributed by atoms with Crippen LogP contribution >= 0.6 is 11.3 Å². The predicted molar refractivity (Wildman–Crippen MR) is 83.2 cm³/mol. The number of carbonyl (C=O) groups excluding carboxylic acids is 1. The molecule has 2 aromatic heterocycles. The topological polar surface area (TPSA) is 64.1 Å². The van der Waals surface area contributed by atoms with Crippen molar-refractivity contribution in [2.45, 2.75) is 13.1 Å². The number of nitrogens with one attached hydrogen (secondary N) is 1. The van der Waals surface area contributed by atoms with Crippen molar-refractivity contribution in [2.24, 2.45) is 0 Å². The van der Waals surface area contributed by atoms with Crippen LogP contribution in [0, 0.1) is 0 Å². The largest absolute Gasteiger partial charge is 0.438 e. The Bertz CT molecular complexity index is 908. The Morgan fingerprint density at radius 1 is 1.29 bits per heavy atom. The van der Waals surface area contributed by atoms with Crippen LogP contribution in [-0.2, 0) is 11.0 Å². The van der Waals surface area contributed by atoms with Gasteiger partial charge in [-0.05, 0) is 24.3 Å². The fraction of sp³-hybridized carbons (Fsp3) is 0.133. The van der Waals surface area contributed by atoms with Gasteiger partial charge in [0.2, 0.25) is 11.8 Å². The number of anilines is 1. The lowest BCUT2D eigenvalue weighted by Crippen LogP contribution is -2.08. The van der Waals surface area contributed by atoms with Crippen LogP contribution in [0.15, 0.2) is 36.5 Å². The lowest BCUT2D eigenvalue weighted by atomic mass is 10.2. The number of halogens is 3. The average Bonchev–Trinajstić information content (AvgIpc) is 2.87. The molecular formula is C15H10F3N3O2S. The highest BCUT2D eigenvalue weighted by atomic mass is 32.1. The van der Waals surface area contributed by atoms with E-state index in [0.717, 1.165) is 6.07 Å². The van der Waals surface area contributed by atoms with E-state index < -0.39 is 17.6 Å². The van der Waals surface area contributed by atoms with E-state index in [1.165, 1.54) is 36.6 Å². The molecule has 24 heavy (non-hydrogen) atoms. The van der Waals surface area contributed by atoms with Crippen LogP contribution in [0.2, 0.25) is 0 Å². The third-order valence-electron chi connectivity index (χ3n) is 2.93. The number of alkyl halides is 3. The van der Waals surface area contributed by atoms with E-state index >= 15 is 0 Å².